The Hall–Kier alpha value is -0.570. The zero-order chi connectivity index (χ0) is 7.68. The second-order valence-electron chi connectivity index (χ2n) is 3.52. The number of rotatable bonds is 1. The Morgan fingerprint density at radius 3 is 3.27 bits per heavy atom. The van der Waals surface area contributed by atoms with Crippen LogP contribution < -0.4 is 11.2 Å². The molecule has 62 valence electrons. The molecule has 1 saturated carbocycles. The van der Waals surface area contributed by atoms with E-state index in [1.54, 1.807) is 0 Å². The fourth-order valence-corrected chi connectivity index (χ4v) is 2.18. The molecule has 2 rings (SSSR count). The van der Waals surface area contributed by atoms with Gasteiger partial charge >= 0.3 is 0 Å². The Balaban J connectivity index is 2.04. The third kappa shape index (κ3) is 1.13. The first kappa shape index (κ1) is 7.10. The Bertz CT molecular complexity index is 167. The Morgan fingerprint density at radius 1 is 1.55 bits per heavy atom. The molecule has 3 N–H and O–H groups in total. The molecule has 3 nitrogen and oxygen atoms in total. The van der Waals surface area contributed by atoms with Crippen molar-refractivity contribution in [2.24, 2.45) is 22.7 Å². The van der Waals surface area contributed by atoms with Crippen LogP contribution in [0, 0.1) is 11.8 Å². The highest BCUT2D eigenvalue weighted by Crippen LogP contribution is 2.29. The molecule has 0 saturated heterocycles. The number of nitrogens with two attached hydrogens (primary N) is 1. The van der Waals surface area contributed by atoms with Crippen LogP contribution in [0.5, 0.6) is 0 Å². The number of hydrogen-bond acceptors (Lipinski definition) is 3. The van der Waals surface area contributed by atoms with E-state index in [2.05, 4.69) is 10.5 Å². The van der Waals surface area contributed by atoms with Gasteiger partial charge in [0.2, 0.25) is 0 Å². The van der Waals surface area contributed by atoms with Crippen molar-refractivity contribution in [3.8, 4) is 0 Å². The molecule has 3 unspecified atom stereocenters. The van der Waals surface area contributed by atoms with Crippen molar-refractivity contribution < 1.29 is 0 Å². The zero-order valence-electron chi connectivity index (χ0n) is 6.66. The average molecular weight is 153 g/mol. The van der Waals surface area contributed by atoms with E-state index in [0.29, 0.717) is 17.9 Å². The van der Waals surface area contributed by atoms with E-state index in [9.17, 15) is 0 Å². The summed E-state index contributed by atoms with van der Waals surface area (Å²) in [5.41, 5.74) is 8.81. The summed E-state index contributed by atoms with van der Waals surface area (Å²) < 4.78 is 0. The molecule has 0 amide bonds. The molecule has 1 aliphatic heterocycles. The van der Waals surface area contributed by atoms with E-state index >= 15 is 0 Å². The van der Waals surface area contributed by atoms with Gasteiger partial charge in [-0.05, 0) is 25.3 Å². The predicted molar refractivity (Wildman–Crippen MR) is 45.3 cm³/mol. The molecule has 1 aliphatic carbocycles. The van der Waals surface area contributed by atoms with Gasteiger partial charge in [-0.15, -0.1) is 0 Å². The Kier molecular flexibility index (Phi) is 1.82. The minimum absolute atomic E-state index is 0.550. The second kappa shape index (κ2) is 2.81. The molecule has 2 aliphatic rings. The van der Waals surface area contributed by atoms with Gasteiger partial charge in [-0.25, -0.2) is 0 Å². The van der Waals surface area contributed by atoms with E-state index < -0.39 is 0 Å². The van der Waals surface area contributed by atoms with Gasteiger partial charge in [0.15, 0.2) is 0 Å². The van der Waals surface area contributed by atoms with Crippen LogP contribution in [-0.4, -0.2) is 18.8 Å². The first-order valence-corrected chi connectivity index (χ1v) is 4.40. The van der Waals surface area contributed by atoms with Crippen LogP contribution in [-0.2, 0) is 0 Å². The van der Waals surface area contributed by atoms with Gasteiger partial charge in [0, 0.05) is 12.1 Å². The maximum Gasteiger partial charge on any atom is 0.0558 e. The van der Waals surface area contributed by atoms with Crippen molar-refractivity contribution in [3.05, 3.63) is 0 Å². The lowest BCUT2D eigenvalue weighted by molar-refractivity contribution is 0.253. The number of hydrogen-bond donors (Lipinski definition) is 2. The summed E-state index contributed by atoms with van der Waals surface area (Å²) in [4.78, 5) is 0. The predicted octanol–water partition coefficient (Wildman–Crippen LogP) is 0.319. The molecule has 11 heavy (non-hydrogen) atoms. The number of hydrazone groups is 1. The largest absolute Gasteiger partial charge is 0.330 e. The van der Waals surface area contributed by atoms with E-state index in [4.69, 9.17) is 5.73 Å². The maximum absolute atomic E-state index is 5.66. The normalized spacial score (nSPS) is 41.7. The van der Waals surface area contributed by atoms with E-state index in [-0.39, 0.29) is 0 Å². The quantitative estimate of drug-likeness (QED) is 0.570. The highest BCUT2D eigenvalue weighted by atomic mass is 15.3. The van der Waals surface area contributed by atoms with Crippen LogP contribution in [0.3, 0.4) is 0 Å². The molecule has 0 aromatic heterocycles. The van der Waals surface area contributed by atoms with Crippen molar-refractivity contribution in [1.29, 1.82) is 0 Å². The molecule has 0 spiro atoms. The minimum atomic E-state index is 0.550. The third-order valence-corrected chi connectivity index (χ3v) is 2.87. The summed E-state index contributed by atoms with van der Waals surface area (Å²) in [7, 11) is 0. The Labute approximate surface area is 67.0 Å². The van der Waals surface area contributed by atoms with Crippen LogP contribution in [0.4, 0.5) is 0 Å². The number of nitrogens with zero attached hydrogens (tertiary/aromatic N) is 1. The summed E-state index contributed by atoms with van der Waals surface area (Å²) in [5, 5.41) is 4.10. The molecule has 0 aromatic carbocycles. The summed E-state index contributed by atoms with van der Waals surface area (Å²) >= 11 is 0. The highest BCUT2D eigenvalue weighted by molar-refractivity contribution is 5.63. The molecule has 0 radical (unpaired) electrons. The molecular weight excluding hydrogens is 138 g/mol. The number of nitrogens with one attached hydrogen (secondary N) is 1. The van der Waals surface area contributed by atoms with Gasteiger partial charge in [-0.3, -0.25) is 0 Å². The lowest BCUT2D eigenvalue weighted by atomic mass is 9.78. The van der Waals surface area contributed by atoms with Gasteiger partial charge in [0.25, 0.3) is 0 Å². The first-order chi connectivity index (χ1) is 5.42. The van der Waals surface area contributed by atoms with Gasteiger partial charge in [0.05, 0.1) is 6.04 Å². The molecule has 3 atom stereocenters. The number of fused-ring (bicyclic) bond motifs is 1. The summed E-state index contributed by atoms with van der Waals surface area (Å²) in [6.45, 7) is 0.803. The molecular formula is C8H15N3. The fraction of sp³-hybridized carbons (Fsp3) is 0.875. The lowest BCUT2D eigenvalue weighted by Gasteiger charge is -2.31. The standard InChI is InChI=1S/C8H15N3/c9-4-6-2-1-3-7-5-10-11-8(6)7/h5-8,11H,1-4,9H2. The van der Waals surface area contributed by atoms with Gasteiger partial charge in [-0.1, -0.05) is 6.42 Å². The maximum atomic E-state index is 5.66. The van der Waals surface area contributed by atoms with Gasteiger partial charge in [-0.2, -0.15) is 5.10 Å². The first-order valence-electron chi connectivity index (χ1n) is 4.40. The van der Waals surface area contributed by atoms with Crippen molar-refractivity contribution in [2.75, 3.05) is 6.54 Å². The fourth-order valence-electron chi connectivity index (χ4n) is 2.18. The SMILES string of the molecule is NCC1CCCC2C=NNC21. The van der Waals surface area contributed by atoms with E-state index in [1.165, 1.54) is 19.3 Å². The van der Waals surface area contributed by atoms with Crippen molar-refractivity contribution in [1.82, 2.24) is 5.43 Å². The van der Waals surface area contributed by atoms with Crippen molar-refractivity contribution in [3.63, 3.8) is 0 Å². The minimum Gasteiger partial charge on any atom is -0.330 e. The monoisotopic (exact) mass is 153 g/mol. The van der Waals surface area contributed by atoms with E-state index in [0.717, 1.165) is 6.54 Å². The topological polar surface area (TPSA) is 50.4 Å². The summed E-state index contributed by atoms with van der Waals surface area (Å²) in [6, 6.07) is 0.550. The third-order valence-electron chi connectivity index (χ3n) is 2.87. The van der Waals surface area contributed by atoms with Crippen LogP contribution in [0.15, 0.2) is 5.10 Å². The molecule has 0 bridgehead atoms. The molecule has 0 aromatic rings. The van der Waals surface area contributed by atoms with Crippen molar-refractivity contribution in [2.45, 2.75) is 25.3 Å². The molecule has 3 heteroatoms. The van der Waals surface area contributed by atoms with Crippen molar-refractivity contribution >= 4 is 6.21 Å². The molecule has 1 heterocycles. The van der Waals surface area contributed by atoms with E-state index in [1.807, 2.05) is 6.21 Å². The van der Waals surface area contributed by atoms with Crippen LogP contribution in [0.2, 0.25) is 0 Å². The second-order valence-corrected chi connectivity index (χ2v) is 3.52. The summed E-state index contributed by atoms with van der Waals surface area (Å²) in [5.74, 6) is 1.31. The van der Waals surface area contributed by atoms with Gasteiger partial charge < -0.3 is 11.2 Å². The van der Waals surface area contributed by atoms with Gasteiger partial charge in [0.1, 0.15) is 0 Å². The molecule has 1 fully saturated rings. The van der Waals surface area contributed by atoms with Crippen LogP contribution >= 0.6 is 0 Å². The Morgan fingerprint density at radius 2 is 2.45 bits per heavy atom. The lowest BCUT2D eigenvalue weighted by Crippen LogP contribution is -2.42. The van der Waals surface area contributed by atoms with Crippen LogP contribution in [0.25, 0.3) is 0 Å². The van der Waals surface area contributed by atoms with Crippen LogP contribution in [0.1, 0.15) is 19.3 Å². The smallest absolute Gasteiger partial charge is 0.0558 e. The highest BCUT2D eigenvalue weighted by Gasteiger charge is 2.33. The summed E-state index contributed by atoms with van der Waals surface area (Å²) in [6.07, 6.45) is 5.93. The average Bonchev–Trinajstić information content (AvgIpc) is 2.50. The zero-order valence-corrected chi connectivity index (χ0v) is 6.66.